The molecule has 6 heteroatoms. The highest BCUT2D eigenvalue weighted by Gasteiger charge is 2.27. The van der Waals surface area contributed by atoms with Gasteiger partial charge >= 0.3 is 5.97 Å². The van der Waals surface area contributed by atoms with Gasteiger partial charge in [0.1, 0.15) is 11.4 Å². The lowest BCUT2D eigenvalue weighted by atomic mass is 9.91. The second-order valence-electron chi connectivity index (χ2n) is 6.53. The molecule has 0 aliphatic carbocycles. The van der Waals surface area contributed by atoms with Crippen molar-refractivity contribution < 1.29 is 14.3 Å². The molecule has 1 amide bonds. The number of nitrogens with zero attached hydrogens (tertiary/aromatic N) is 1. The Bertz CT molecular complexity index is 581. The Hall–Kier alpha value is -1.43. The van der Waals surface area contributed by atoms with Gasteiger partial charge in [-0.15, -0.1) is 0 Å². The number of nitrogens with one attached hydrogen (secondary N) is 1. The highest BCUT2D eigenvalue weighted by molar-refractivity contribution is 9.10. The number of amides is 1. The van der Waals surface area contributed by atoms with Crippen LogP contribution in [0.4, 0.5) is 5.82 Å². The van der Waals surface area contributed by atoms with E-state index in [1.165, 1.54) is 0 Å². The number of carbonyl (C=O) groups excluding carboxylic acids is 2. The van der Waals surface area contributed by atoms with E-state index in [0.29, 0.717) is 31.5 Å². The van der Waals surface area contributed by atoms with E-state index in [0.717, 1.165) is 10.0 Å². The molecule has 22 heavy (non-hydrogen) atoms. The minimum absolute atomic E-state index is 0.0217. The molecule has 0 spiro atoms. The van der Waals surface area contributed by atoms with Crippen LogP contribution in [0.5, 0.6) is 0 Å². The first kappa shape index (κ1) is 16.9. The van der Waals surface area contributed by atoms with Gasteiger partial charge in [-0.2, -0.15) is 0 Å². The molecule has 0 radical (unpaired) electrons. The molecule has 5 nitrogen and oxygen atoms in total. The average molecular weight is 369 g/mol. The summed E-state index contributed by atoms with van der Waals surface area (Å²) in [6, 6.07) is 1.97. The lowest BCUT2D eigenvalue weighted by Crippen LogP contribution is -2.30. The minimum atomic E-state index is -0.462. The molecule has 0 bridgehead atoms. The van der Waals surface area contributed by atoms with Gasteiger partial charge in [-0.1, -0.05) is 0 Å². The molecule has 1 aromatic heterocycles. The molecule has 0 saturated heterocycles. The predicted octanol–water partition coefficient (Wildman–Crippen LogP) is 3.47. The van der Waals surface area contributed by atoms with Gasteiger partial charge in [0.2, 0.25) is 5.91 Å². The van der Waals surface area contributed by atoms with Gasteiger partial charge in [-0.3, -0.25) is 9.59 Å². The summed E-state index contributed by atoms with van der Waals surface area (Å²) in [6.45, 7) is 5.55. The van der Waals surface area contributed by atoms with Crippen LogP contribution in [0.2, 0.25) is 0 Å². The number of fused-ring (bicyclic) bond motifs is 1. The van der Waals surface area contributed by atoms with Gasteiger partial charge in [0.15, 0.2) is 0 Å². The number of halogens is 1. The van der Waals surface area contributed by atoms with Crippen molar-refractivity contribution in [3.05, 3.63) is 22.3 Å². The average Bonchev–Trinajstić information content (AvgIpc) is 2.37. The molecular weight excluding hydrogens is 348 g/mol. The summed E-state index contributed by atoms with van der Waals surface area (Å²) in [6.07, 6.45) is 3.97. The van der Waals surface area contributed by atoms with E-state index >= 15 is 0 Å². The lowest BCUT2D eigenvalue weighted by Gasteiger charge is -2.24. The van der Waals surface area contributed by atoms with Crippen molar-refractivity contribution in [1.82, 2.24) is 4.98 Å². The normalized spacial score (nSPS) is 17.6. The highest BCUT2D eigenvalue weighted by atomic mass is 79.9. The first-order valence-electron chi connectivity index (χ1n) is 7.42. The molecule has 2 rings (SSSR count). The maximum atomic E-state index is 12.1. The van der Waals surface area contributed by atoms with Crippen LogP contribution in [0, 0.1) is 5.92 Å². The Labute approximate surface area is 139 Å². The molecular formula is C16H21BrN2O3. The Morgan fingerprint density at radius 1 is 1.50 bits per heavy atom. The second kappa shape index (κ2) is 6.77. The van der Waals surface area contributed by atoms with Crippen molar-refractivity contribution in [2.24, 2.45) is 5.92 Å². The van der Waals surface area contributed by atoms with Crippen molar-refractivity contribution in [2.45, 2.75) is 52.1 Å². The fourth-order valence-electron chi connectivity index (χ4n) is 2.44. The number of pyridine rings is 1. The summed E-state index contributed by atoms with van der Waals surface area (Å²) in [5.74, 6) is 0.280. The van der Waals surface area contributed by atoms with Crippen molar-refractivity contribution in [1.29, 1.82) is 0 Å². The van der Waals surface area contributed by atoms with Gasteiger partial charge in [-0.25, -0.2) is 4.98 Å². The number of hydrogen-bond donors (Lipinski definition) is 1. The molecule has 1 unspecified atom stereocenters. The first-order chi connectivity index (χ1) is 10.2. The summed E-state index contributed by atoms with van der Waals surface area (Å²) in [5, 5.41) is 2.83. The van der Waals surface area contributed by atoms with E-state index in [2.05, 4.69) is 26.2 Å². The summed E-state index contributed by atoms with van der Waals surface area (Å²) in [5.41, 5.74) is 0.562. The van der Waals surface area contributed by atoms with Crippen LogP contribution in [-0.2, 0) is 20.7 Å². The van der Waals surface area contributed by atoms with Crippen LogP contribution in [0.3, 0.4) is 0 Å². The van der Waals surface area contributed by atoms with Crippen LogP contribution < -0.4 is 5.32 Å². The molecule has 1 N–H and O–H groups in total. The van der Waals surface area contributed by atoms with E-state index in [9.17, 15) is 9.59 Å². The summed E-state index contributed by atoms with van der Waals surface area (Å²) < 4.78 is 6.17. The van der Waals surface area contributed by atoms with Crippen LogP contribution in [0.1, 0.15) is 45.6 Å². The fraction of sp³-hybridized carbons (Fsp3) is 0.562. The fourth-order valence-corrected chi connectivity index (χ4v) is 2.82. The van der Waals surface area contributed by atoms with Gasteiger partial charge in [0, 0.05) is 23.0 Å². The van der Waals surface area contributed by atoms with Crippen molar-refractivity contribution >= 4 is 33.6 Å². The largest absolute Gasteiger partial charge is 0.460 e. The van der Waals surface area contributed by atoms with E-state index < -0.39 is 5.60 Å². The zero-order chi connectivity index (χ0) is 16.3. The van der Waals surface area contributed by atoms with E-state index in [1.54, 1.807) is 6.20 Å². The monoisotopic (exact) mass is 368 g/mol. The SMILES string of the molecule is CC(C)(C)OC(=O)CCCC1Cc2cc(Br)cnc2NC1=O. The first-order valence-corrected chi connectivity index (χ1v) is 8.21. The maximum absolute atomic E-state index is 12.1. The Kier molecular flexibility index (Phi) is 5.21. The number of hydrogen-bond acceptors (Lipinski definition) is 4. The zero-order valence-corrected chi connectivity index (χ0v) is 14.7. The quantitative estimate of drug-likeness (QED) is 0.826. The van der Waals surface area contributed by atoms with E-state index in [-0.39, 0.29) is 17.8 Å². The molecule has 0 saturated carbocycles. The van der Waals surface area contributed by atoms with Crippen molar-refractivity contribution in [3.63, 3.8) is 0 Å². The third-order valence-corrected chi connectivity index (χ3v) is 3.80. The van der Waals surface area contributed by atoms with Crippen molar-refractivity contribution in [3.8, 4) is 0 Å². The van der Waals surface area contributed by atoms with Gasteiger partial charge in [-0.05, 0) is 67.6 Å². The molecule has 0 aromatic carbocycles. The number of ether oxygens (including phenoxy) is 1. The smallest absolute Gasteiger partial charge is 0.306 e. The third kappa shape index (κ3) is 4.80. The van der Waals surface area contributed by atoms with E-state index in [1.807, 2.05) is 26.8 Å². The summed E-state index contributed by atoms with van der Waals surface area (Å²) in [4.78, 5) is 28.0. The second-order valence-corrected chi connectivity index (χ2v) is 7.45. The number of carbonyl (C=O) groups is 2. The Morgan fingerprint density at radius 3 is 2.91 bits per heavy atom. The molecule has 1 atom stereocenters. The predicted molar refractivity (Wildman–Crippen MR) is 87.5 cm³/mol. The van der Waals surface area contributed by atoms with E-state index in [4.69, 9.17) is 4.74 Å². The summed E-state index contributed by atoms with van der Waals surface area (Å²) >= 11 is 3.39. The van der Waals surface area contributed by atoms with Crippen LogP contribution in [0.15, 0.2) is 16.7 Å². The number of esters is 1. The highest BCUT2D eigenvalue weighted by Crippen LogP contribution is 2.28. The van der Waals surface area contributed by atoms with Gasteiger partial charge in [0.05, 0.1) is 0 Å². The van der Waals surface area contributed by atoms with Gasteiger partial charge < -0.3 is 10.1 Å². The third-order valence-electron chi connectivity index (χ3n) is 3.37. The number of anilines is 1. The molecule has 120 valence electrons. The standard InChI is InChI=1S/C16H21BrN2O3/c1-16(2,3)22-13(20)6-4-5-10-7-11-8-12(17)9-18-14(11)19-15(10)21/h8-10H,4-7H2,1-3H3,(H,18,19,21). The van der Waals surface area contributed by atoms with Crippen molar-refractivity contribution in [2.75, 3.05) is 5.32 Å². The molecule has 0 fully saturated rings. The lowest BCUT2D eigenvalue weighted by molar-refractivity contribution is -0.155. The topological polar surface area (TPSA) is 68.3 Å². The summed E-state index contributed by atoms with van der Waals surface area (Å²) in [7, 11) is 0. The Morgan fingerprint density at radius 2 is 2.23 bits per heavy atom. The zero-order valence-electron chi connectivity index (χ0n) is 13.1. The van der Waals surface area contributed by atoms with Crippen LogP contribution >= 0.6 is 15.9 Å². The molecule has 1 aliphatic rings. The van der Waals surface area contributed by atoms with Crippen LogP contribution in [-0.4, -0.2) is 22.5 Å². The number of aromatic nitrogens is 1. The molecule has 1 aliphatic heterocycles. The maximum Gasteiger partial charge on any atom is 0.306 e. The Balaban J connectivity index is 1.86. The number of rotatable bonds is 4. The molecule has 2 heterocycles. The van der Waals surface area contributed by atoms with Crippen LogP contribution in [0.25, 0.3) is 0 Å². The molecule has 1 aromatic rings. The van der Waals surface area contributed by atoms with Gasteiger partial charge in [0.25, 0.3) is 0 Å². The minimum Gasteiger partial charge on any atom is -0.460 e.